The molecule has 0 spiro atoms. The van der Waals surface area contributed by atoms with Crippen LogP contribution in [0.25, 0.3) is 0 Å². The summed E-state index contributed by atoms with van der Waals surface area (Å²) in [5.74, 6) is 0.321. The number of carbonyl (C=O) groups is 1. The predicted octanol–water partition coefficient (Wildman–Crippen LogP) is 2.88. The van der Waals surface area contributed by atoms with Crippen molar-refractivity contribution in [3.63, 3.8) is 0 Å². The fourth-order valence-electron chi connectivity index (χ4n) is 2.51. The van der Waals surface area contributed by atoms with E-state index in [0.717, 1.165) is 18.5 Å². The van der Waals surface area contributed by atoms with Gasteiger partial charge in [-0.25, -0.2) is 4.98 Å². The van der Waals surface area contributed by atoms with E-state index in [4.69, 9.17) is 16.7 Å². The first kappa shape index (κ1) is 16.2. The van der Waals surface area contributed by atoms with E-state index in [0.29, 0.717) is 29.7 Å². The number of pyridine rings is 1. The summed E-state index contributed by atoms with van der Waals surface area (Å²) < 4.78 is 0. The molecular formula is C16H23ClN2O2. The molecule has 0 bridgehead atoms. The first-order valence-electron chi connectivity index (χ1n) is 7.39. The zero-order valence-electron chi connectivity index (χ0n) is 12.9. The zero-order valence-corrected chi connectivity index (χ0v) is 13.7. The Bertz CT molecular complexity index is 517. The largest absolute Gasteiger partial charge is 0.396 e. The minimum Gasteiger partial charge on any atom is -0.396 e. The summed E-state index contributed by atoms with van der Waals surface area (Å²) in [5, 5.41) is 9.52. The molecule has 1 aromatic rings. The number of halogens is 1. The van der Waals surface area contributed by atoms with E-state index in [9.17, 15) is 4.79 Å². The highest BCUT2D eigenvalue weighted by Crippen LogP contribution is 2.25. The molecule has 2 rings (SSSR count). The summed E-state index contributed by atoms with van der Waals surface area (Å²) in [5.41, 5.74) is 1.27. The van der Waals surface area contributed by atoms with Crippen LogP contribution in [0.4, 0.5) is 0 Å². The lowest BCUT2D eigenvalue weighted by Crippen LogP contribution is -2.39. The highest BCUT2D eigenvalue weighted by molar-refractivity contribution is 6.29. The molecule has 1 amide bonds. The maximum atomic E-state index is 12.6. The Balaban J connectivity index is 2.18. The molecule has 5 heteroatoms. The van der Waals surface area contributed by atoms with Crippen LogP contribution in [0.5, 0.6) is 0 Å². The summed E-state index contributed by atoms with van der Waals surface area (Å²) in [6, 6.07) is 3.48. The van der Waals surface area contributed by atoms with Crippen LogP contribution in [0.2, 0.25) is 5.15 Å². The lowest BCUT2D eigenvalue weighted by molar-refractivity contribution is 0.0650. The number of aliphatic hydroxyl groups excluding tert-OH is 1. The van der Waals surface area contributed by atoms with E-state index in [-0.39, 0.29) is 17.9 Å². The quantitative estimate of drug-likeness (QED) is 0.855. The van der Waals surface area contributed by atoms with Crippen LogP contribution in [0.1, 0.15) is 49.7 Å². The number of nitrogens with zero attached hydrogens (tertiary/aromatic N) is 2. The molecule has 0 aromatic carbocycles. The average molecular weight is 311 g/mol. The lowest BCUT2D eigenvalue weighted by atomic mass is 9.90. The SMILES string of the molecule is CC(C)(C)c1cc(C(=O)N2CCC(CO)CC2)cc(Cl)n1. The number of aromatic nitrogens is 1. The van der Waals surface area contributed by atoms with Crippen molar-refractivity contribution < 1.29 is 9.90 Å². The van der Waals surface area contributed by atoms with Crippen LogP contribution >= 0.6 is 11.6 Å². The number of likely N-dealkylation sites (tertiary alicyclic amines) is 1. The maximum Gasteiger partial charge on any atom is 0.254 e. The van der Waals surface area contributed by atoms with Crippen molar-refractivity contribution in [2.24, 2.45) is 5.92 Å². The van der Waals surface area contributed by atoms with Gasteiger partial charge in [-0.3, -0.25) is 4.79 Å². The van der Waals surface area contributed by atoms with E-state index in [2.05, 4.69) is 4.98 Å². The Kier molecular flexibility index (Phi) is 4.89. The number of rotatable bonds is 2. The first-order valence-corrected chi connectivity index (χ1v) is 7.77. The minimum atomic E-state index is -0.149. The molecule has 0 unspecified atom stereocenters. The molecular weight excluding hydrogens is 288 g/mol. The molecule has 0 aliphatic carbocycles. The highest BCUT2D eigenvalue weighted by Gasteiger charge is 2.25. The third-order valence-electron chi connectivity index (χ3n) is 3.97. The van der Waals surface area contributed by atoms with Crippen molar-refractivity contribution in [2.45, 2.75) is 39.0 Å². The van der Waals surface area contributed by atoms with Gasteiger partial charge in [0.05, 0.1) is 0 Å². The van der Waals surface area contributed by atoms with Crippen LogP contribution in [-0.2, 0) is 5.41 Å². The maximum absolute atomic E-state index is 12.6. The topological polar surface area (TPSA) is 53.4 Å². The van der Waals surface area contributed by atoms with Gasteiger partial charge in [0.15, 0.2) is 0 Å². The van der Waals surface area contributed by atoms with Crippen LogP contribution in [0, 0.1) is 5.92 Å². The van der Waals surface area contributed by atoms with E-state index in [1.54, 1.807) is 6.07 Å². The molecule has 0 atom stereocenters. The number of hydrogen-bond acceptors (Lipinski definition) is 3. The van der Waals surface area contributed by atoms with Gasteiger partial charge in [-0.1, -0.05) is 32.4 Å². The van der Waals surface area contributed by atoms with Crippen LogP contribution in [-0.4, -0.2) is 40.6 Å². The summed E-state index contributed by atoms with van der Waals surface area (Å²) in [7, 11) is 0. The number of hydrogen-bond donors (Lipinski definition) is 1. The Hall–Kier alpha value is -1.13. The zero-order chi connectivity index (χ0) is 15.6. The fourth-order valence-corrected chi connectivity index (χ4v) is 2.71. The molecule has 0 radical (unpaired) electrons. The Morgan fingerprint density at radius 1 is 1.38 bits per heavy atom. The standard InChI is InChI=1S/C16H23ClN2O2/c1-16(2,3)13-8-12(9-14(17)18-13)15(21)19-6-4-11(10-20)5-7-19/h8-9,11,20H,4-7,10H2,1-3H3. The van der Waals surface area contributed by atoms with Gasteiger partial charge < -0.3 is 10.0 Å². The number of aliphatic hydroxyl groups is 1. The van der Waals surface area contributed by atoms with E-state index < -0.39 is 0 Å². The molecule has 1 saturated heterocycles. The van der Waals surface area contributed by atoms with Crippen molar-refractivity contribution in [1.82, 2.24) is 9.88 Å². The smallest absolute Gasteiger partial charge is 0.254 e. The van der Waals surface area contributed by atoms with E-state index in [1.807, 2.05) is 31.7 Å². The molecule has 21 heavy (non-hydrogen) atoms. The van der Waals surface area contributed by atoms with Gasteiger partial charge in [-0.15, -0.1) is 0 Å². The molecule has 4 nitrogen and oxygen atoms in total. The van der Waals surface area contributed by atoms with Gasteiger partial charge in [0.25, 0.3) is 5.91 Å². The summed E-state index contributed by atoms with van der Waals surface area (Å²) in [4.78, 5) is 18.8. The average Bonchev–Trinajstić information content (AvgIpc) is 2.45. The summed E-state index contributed by atoms with van der Waals surface area (Å²) >= 11 is 6.07. The van der Waals surface area contributed by atoms with Gasteiger partial charge in [-0.05, 0) is 30.9 Å². The minimum absolute atomic E-state index is 0.00110. The number of amides is 1. The van der Waals surface area contributed by atoms with Crippen molar-refractivity contribution in [2.75, 3.05) is 19.7 Å². The first-order chi connectivity index (χ1) is 9.81. The molecule has 1 aliphatic heterocycles. The van der Waals surface area contributed by atoms with Gasteiger partial charge in [0.1, 0.15) is 5.15 Å². The highest BCUT2D eigenvalue weighted by atomic mass is 35.5. The predicted molar refractivity (Wildman–Crippen MR) is 83.7 cm³/mol. The van der Waals surface area contributed by atoms with Crippen LogP contribution in [0.3, 0.4) is 0 Å². The van der Waals surface area contributed by atoms with Crippen molar-refractivity contribution in [3.8, 4) is 0 Å². The second-order valence-corrected chi connectivity index (χ2v) is 7.12. The number of carbonyl (C=O) groups excluding carboxylic acids is 1. The van der Waals surface area contributed by atoms with Crippen molar-refractivity contribution >= 4 is 17.5 Å². The molecule has 1 aromatic heterocycles. The molecule has 116 valence electrons. The summed E-state index contributed by atoms with van der Waals surface area (Å²) in [6.45, 7) is 7.73. The molecule has 0 saturated carbocycles. The Morgan fingerprint density at radius 2 is 2.00 bits per heavy atom. The van der Waals surface area contributed by atoms with Gasteiger partial charge in [0, 0.05) is 36.4 Å². The van der Waals surface area contributed by atoms with E-state index >= 15 is 0 Å². The normalized spacial score (nSPS) is 17.1. The van der Waals surface area contributed by atoms with Crippen molar-refractivity contribution in [3.05, 3.63) is 28.5 Å². The monoisotopic (exact) mass is 310 g/mol. The van der Waals surface area contributed by atoms with Crippen LogP contribution in [0.15, 0.2) is 12.1 Å². The number of piperidine rings is 1. The second-order valence-electron chi connectivity index (χ2n) is 6.73. The van der Waals surface area contributed by atoms with Gasteiger partial charge in [-0.2, -0.15) is 0 Å². The molecule has 1 N–H and O–H groups in total. The Morgan fingerprint density at radius 3 is 2.52 bits per heavy atom. The molecule has 1 aliphatic rings. The fraction of sp³-hybridized carbons (Fsp3) is 0.625. The molecule has 2 heterocycles. The summed E-state index contributed by atoms with van der Waals surface area (Å²) in [6.07, 6.45) is 1.71. The Labute approximate surface area is 131 Å². The van der Waals surface area contributed by atoms with E-state index in [1.165, 1.54) is 0 Å². The second kappa shape index (κ2) is 6.32. The third-order valence-corrected chi connectivity index (χ3v) is 4.16. The third kappa shape index (κ3) is 3.95. The molecule has 1 fully saturated rings. The van der Waals surface area contributed by atoms with Crippen molar-refractivity contribution in [1.29, 1.82) is 0 Å². The lowest BCUT2D eigenvalue weighted by Gasteiger charge is -2.31. The van der Waals surface area contributed by atoms with Gasteiger partial charge >= 0.3 is 0 Å². The van der Waals surface area contributed by atoms with Crippen LogP contribution < -0.4 is 0 Å². The van der Waals surface area contributed by atoms with Gasteiger partial charge in [0.2, 0.25) is 0 Å².